The maximum Gasteiger partial charge on any atom is 0.137 e. The maximum absolute atomic E-state index is 13.2. The molecule has 0 bridgehead atoms. The molecule has 0 N–H and O–H groups in total. The molecule has 0 fully saturated rings. The van der Waals surface area contributed by atoms with Crippen molar-refractivity contribution < 1.29 is 4.39 Å². The van der Waals surface area contributed by atoms with E-state index in [2.05, 4.69) is 34.7 Å². The summed E-state index contributed by atoms with van der Waals surface area (Å²) in [5.41, 5.74) is 1.00. The third kappa shape index (κ3) is 3.07. The van der Waals surface area contributed by atoms with Gasteiger partial charge in [-0.3, -0.25) is 4.90 Å². The number of rotatable bonds is 3. The molecule has 78 valence electrons. The summed E-state index contributed by atoms with van der Waals surface area (Å²) in [5, 5.41) is 0. The van der Waals surface area contributed by atoms with E-state index in [0.717, 1.165) is 12.1 Å². The van der Waals surface area contributed by atoms with E-state index < -0.39 is 0 Å². The van der Waals surface area contributed by atoms with Gasteiger partial charge in [0.25, 0.3) is 0 Å². The third-order valence-corrected chi connectivity index (χ3v) is 2.94. The molecular weight excluding hydrogens is 245 g/mol. The molecule has 0 spiro atoms. The molecule has 0 aromatic heterocycles. The molecular formula is C11H15BrFN. The highest BCUT2D eigenvalue weighted by molar-refractivity contribution is 9.10. The molecule has 1 rings (SSSR count). The minimum absolute atomic E-state index is 0.195. The fourth-order valence-corrected chi connectivity index (χ4v) is 1.36. The first-order valence-electron chi connectivity index (χ1n) is 4.65. The van der Waals surface area contributed by atoms with Gasteiger partial charge in [0.05, 0.1) is 4.47 Å². The Morgan fingerprint density at radius 3 is 2.57 bits per heavy atom. The first kappa shape index (κ1) is 11.7. The van der Waals surface area contributed by atoms with E-state index in [0.29, 0.717) is 10.5 Å². The van der Waals surface area contributed by atoms with Gasteiger partial charge in [0, 0.05) is 12.6 Å². The van der Waals surface area contributed by atoms with Gasteiger partial charge < -0.3 is 0 Å². The normalized spacial score (nSPS) is 11.4. The molecule has 0 radical (unpaired) electrons. The molecule has 0 aliphatic heterocycles. The summed E-state index contributed by atoms with van der Waals surface area (Å²) in [6, 6.07) is 5.73. The molecule has 1 nitrogen and oxygen atoms in total. The van der Waals surface area contributed by atoms with Crippen molar-refractivity contribution >= 4 is 15.9 Å². The molecule has 0 atom stereocenters. The summed E-state index contributed by atoms with van der Waals surface area (Å²) in [4.78, 5) is 2.17. The lowest BCUT2D eigenvalue weighted by molar-refractivity contribution is 0.265. The quantitative estimate of drug-likeness (QED) is 0.804. The summed E-state index contributed by atoms with van der Waals surface area (Å²) in [6.07, 6.45) is 0. The smallest absolute Gasteiger partial charge is 0.137 e. The first-order valence-corrected chi connectivity index (χ1v) is 5.44. The van der Waals surface area contributed by atoms with Crippen LogP contribution in [0.1, 0.15) is 19.4 Å². The standard InChI is InChI=1S/C11H15BrFN/c1-8(2)14(3)7-9-4-5-10(12)11(13)6-9/h4-6,8H,7H2,1-3H3. The Labute approximate surface area is 93.0 Å². The monoisotopic (exact) mass is 259 g/mol. The number of hydrogen-bond donors (Lipinski definition) is 0. The Kier molecular flexibility index (Phi) is 4.08. The zero-order valence-electron chi connectivity index (χ0n) is 8.72. The summed E-state index contributed by atoms with van der Waals surface area (Å²) in [6.45, 7) is 5.02. The Morgan fingerprint density at radius 1 is 1.43 bits per heavy atom. The van der Waals surface area contributed by atoms with E-state index in [1.165, 1.54) is 0 Å². The van der Waals surface area contributed by atoms with E-state index in [1.807, 2.05) is 13.1 Å². The minimum atomic E-state index is -0.195. The van der Waals surface area contributed by atoms with Crippen LogP contribution in [0.15, 0.2) is 22.7 Å². The Morgan fingerprint density at radius 2 is 2.07 bits per heavy atom. The van der Waals surface area contributed by atoms with Crippen molar-refractivity contribution in [2.24, 2.45) is 0 Å². The van der Waals surface area contributed by atoms with Gasteiger partial charge in [-0.05, 0) is 54.5 Å². The SMILES string of the molecule is CC(C)N(C)Cc1ccc(Br)c(F)c1. The van der Waals surface area contributed by atoms with Crippen LogP contribution in [0.5, 0.6) is 0 Å². The number of benzene rings is 1. The van der Waals surface area contributed by atoms with Crippen LogP contribution in [0.25, 0.3) is 0 Å². The second-order valence-corrected chi connectivity index (χ2v) is 4.61. The van der Waals surface area contributed by atoms with Crippen LogP contribution in [-0.2, 0) is 6.54 Å². The molecule has 0 unspecified atom stereocenters. The van der Waals surface area contributed by atoms with Crippen LogP contribution in [0.4, 0.5) is 4.39 Å². The van der Waals surface area contributed by atoms with Gasteiger partial charge in [-0.1, -0.05) is 6.07 Å². The number of halogens is 2. The lowest BCUT2D eigenvalue weighted by Crippen LogP contribution is -2.25. The molecule has 1 aromatic carbocycles. The summed E-state index contributed by atoms with van der Waals surface area (Å²) in [5.74, 6) is -0.195. The van der Waals surface area contributed by atoms with Crippen molar-refractivity contribution in [3.05, 3.63) is 34.1 Å². The van der Waals surface area contributed by atoms with E-state index in [9.17, 15) is 4.39 Å². The molecule has 0 amide bonds. The first-order chi connectivity index (χ1) is 6.50. The predicted molar refractivity (Wildman–Crippen MR) is 60.7 cm³/mol. The average Bonchev–Trinajstić information content (AvgIpc) is 2.11. The molecule has 0 aliphatic carbocycles. The largest absolute Gasteiger partial charge is 0.300 e. The lowest BCUT2D eigenvalue weighted by atomic mass is 10.2. The second-order valence-electron chi connectivity index (χ2n) is 3.76. The van der Waals surface area contributed by atoms with Gasteiger partial charge in [-0.15, -0.1) is 0 Å². The van der Waals surface area contributed by atoms with Crippen LogP contribution in [-0.4, -0.2) is 18.0 Å². The van der Waals surface area contributed by atoms with Crippen molar-refractivity contribution in [1.29, 1.82) is 0 Å². The summed E-state index contributed by atoms with van der Waals surface area (Å²) >= 11 is 3.14. The summed E-state index contributed by atoms with van der Waals surface area (Å²) < 4.78 is 13.7. The van der Waals surface area contributed by atoms with Crippen molar-refractivity contribution in [3.63, 3.8) is 0 Å². The molecule has 0 aliphatic rings. The van der Waals surface area contributed by atoms with E-state index in [1.54, 1.807) is 12.1 Å². The topological polar surface area (TPSA) is 3.24 Å². The Bertz CT molecular complexity index is 312. The van der Waals surface area contributed by atoms with Gasteiger partial charge in [0.1, 0.15) is 5.82 Å². The molecule has 3 heteroatoms. The average molecular weight is 260 g/mol. The van der Waals surface area contributed by atoms with E-state index >= 15 is 0 Å². The van der Waals surface area contributed by atoms with Gasteiger partial charge >= 0.3 is 0 Å². The van der Waals surface area contributed by atoms with Crippen molar-refractivity contribution in [2.45, 2.75) is 26.4 Å². The van der Waals surface area contributed by atoms with Gasteiger partial charge in [0.15, 0.2) is 0 Å². The maximum atomic E-state index is 13.2. The highest BCUT2D eigenvalue weighted by atomic mass is 79.9. The summed E-state index contributed by atoms with van der Waals surface area (Å²) in [7, 11) is 2.03. The van der Waals surface area contributed by atoms with Crippen LogP contribution in [0, 0.1) is 5.82 Å². The van der Waals surface area contributed by atoms with Gasteiger partial charge in [0.2, 0.25) is 0 Å². The fraction of sp³-hybridized carbons (Fsp3) is 0.455. The predicted octanol–water partition coefficient (Wildman–Crippen LogP) is 3.43. The lowest BCUT2D eigenvalue weighted by Gasteiger charge is -2.20. The Balaban J connectivity index is 2.73. The highest BCUT2D eigenvalue weighted by Gasteiger charge is 2.06. The van der Waals surface area contributed by atoms with E-state index in [-0.39, 0.29) is 5.82 Å². The van der Waals surface area contributed by atoms with Crippen molar-refractivity contribution in [3.8, 4) is 0 Å². The van der Waals surface area contributed by atoms with Crippen molar-refractivity contribution in [1.82, 2.24) is 4.90 Å². The van der Waals surface area contributed by atoms with Crippen LogP contribution in [0.3, 0.4) is 0 Å². The molecule has 1 aromatic rings. The number of hydrogen-bond acceptors (Lipinski definition) is 1. The molecule has 0 saturated carbocycles. The molecule has 0 heterocycles. The van der Waals surface area contributed by atoms with Crippen LogP contribution >= 0.6 is 15.9 Å². The fourth-order valence-electron chi connectivity index (χ4n) is 1.11. The minimum Gasteiger partial charge on any atom is -0.300 e. The van der Waals surface area contributed by atoms with Crippen molar-refractivity contribution in [2.75, 3.05) is 7.05 Å². The van der Waals surface area contributed by atoms with Crippen LogP contribution in [0.2, 0.25) is 0 Å². The third-order valence-electron chi connectivity index (χ3n) is 2.30. The van der Waals surface area contributed by atoms with E-state index in [4.69, 9.17) is 0 Å². The Hall–Kier alpha value is -0.410. The number of nitrogens with zero attached hydrogens (tertiary/aromatic N) is 1. The zero-order chi connectivity index (χ0) is 10.7. The van der Waals surface area contributed by atoms with Crippen LogP contribution < -0.4 is 0 Å². The second kappa shape index (κ2) is 4.89. The highest BCUT2D eigenvalue weighted by Crippen LogP contribution is 2.17. The zero-order valence-corrected chi connectivity index (χ0v) is 10.3. The van der Waals surface area contributed by atoms with Gasteiger partial charge in [-0.25, -0.2) is 4.39 Å². The van der Waals surface area contributed by atoms with Gasteiger partial charge in [-0.2, -0.15) is 0 Å². The molecule has 14 heavy (non-hydrogen) atoms. The molecule has 0 saturated heterocycles.